The highest BCUT2D eigenvalue weighted by Crippen LogP contribution is 2.20. The number of rotatable bonds is 5. The van der Waals surface area contributed by atoms with Crippen molar-refractivity contribution in [3.05, 3.63) is 30.1 Å². The van der Waals surface area contributed by atoms with E-state index in [2.05, 4.69) is 0 Å². The van der Waals surface area contributed by atoms with Gasteiger partial charge < -0.3 is 14.7 Å². The Kier molecular flexibility index (Phi) is 5.39. The Bertz CT molecular complexity index is 703. The van der Waals surface area contributed by atoms with E-state index in [1.807, 2.05) is 4.90 Å². The van der Waals surface area contributed by atoms with Crippen LogP contribution in [0.1, 0.15) is 12.8 Å². The van der Waals surface area contributed by atoms with Gasteiger partial charge in [0.15, 0.2) is 0 Å². The third kappa shape index (κ3) is 3.79. The monoisotopic (exact) mass is 362 g/mol. The van der Waals surface area contributed by atoms with E-state index < -0.39 is 0 Å². The maximum absolute atomic E-state index is 13.8. The van der Waals surface area contributed by atoms with E-state index in [-0.39, 0.29) is 36.8 Å². The molecule has 7 nitrogen and oxygen atoms in total. The van der Waals surface area contributed by atoms with Crippen LogP contribution in [0.2, 0.25) is 0 Å². The van der Waals surface area contributed by atoms with Crippen LogP contribution in [0.15, 0.2) is 24.3 Å². The summed E-state index contributed by atoms with van der Waals surface area (Å²) in [7, 11) is 1.58. The number of anilines is 1. The van der Waals surface area contributed by atoms with Crippen LogP contribution in [0, 0.1) is 5.82 Å². The first-order valence-electron chi connectivity index (χ1n) is 8.80. The van der Waals surface area contributed by atoms with E-state index in [0.29, 0.717) is 44.7 Å². The second kappa shape index (κ2) is 7.72. The van der Waals surface area contributed by atoms with Gasteiger partial charge >= 0.3 is 6.03 Å². The van der Waals surface area contributed by atoms with Crippen LogP contribution in [-0.4, -0.2) is 78.9 Å². The number of imide groups is 1. The first kappa shape index (κ1) is 18.2. The van der Waals surface area contributed by atoms with Gasteiger partial charge in [0.1, 0.15) is 12.4 Å². The number of hydrogen-bond donors (Lipinski definition) is 0. The van der Waals surface area contributed by atoms with Crippen molar-refractivity contribution in [2.45, 2.75) is 12.8 Å². The number of amides is 4. The van der Waals surface area contributed by atoms with Gasteiger partial charge in [0.05, 0.1) is 5.69 Å². The topological polar surface area (TPSA) is 64.2 Å². The lowest BCUT2D eigenvalue weighted by Gasteiger charge is -2.36. The third-order valence-electron chi connectivity index (χ3n) is 4.83. The molecule has 2 fully saturated rings. The molecular weight excluding hydrogens is 339 g/mol. The molecule has 0 radical (unpaired) electrons. The van der Waals surface area contributed by atoms with E-state index in [0.717, 1.165) is 0 Å². The number of carbonyl (C=O) groups is 3. The zero-order valence-electron chi connectivity index (χ0n) is 14.9. The fourth-order valence-corrected chi connectivity index (χ4v) is 3.34. The Labute approximate surface area is 151 Å². The van der Waals surface area contributed by atoms with Crippen LogP contribution >= 0.6 is 0 Å². The summed E-state index contributed by atoms with van der Waals surface area (Å²) < 4.78 is 13.8. The number of halogens is 1. The molecule has 0 unspecified atom stereocenters. The van der Waals surface area contributed by atoms with Crippen LogP contribution < -0.4 is 4.90 Å². The van der Waals surface area contributed by atoms with Crippen molar-refractivity contribution in [1.82, 2.24) is 14.7 Å². The van der Waals surface area contributed by atoms with E-state index in [1.165, 1.54) is 15.9 Å². The van der Waals surface area contributed by atoms with Crippen LogP contribution in [0.3, 0.4) is 0 Å². The molecule has 2 aliphatic rings. The maximum Gasteiger partial charge on any atom is 0.326 e. The average Bonchev–Trinajstić information content (AvgIpc) is 2.88. The zero-order valence-corrected chi connectivity index (χ0v) is 14.9. The normalized spacial score (nSPS) is 18.1. The van der Waals surface area contributed by atoms with Gasteiger partial charge in [0.2, 0.25) is 11.8 Å². The van der Waals surface area contributed by atoms with Crippen molar-refractivity contribution in [3.8, 4) is 0 Å². The van der Waals surface area contributed by atoms with Gasteiger partial charge in [-0.3, -0.25) is 14.5 Å². The number of hydrogen-bond acceptors (Lipinski definition) is 4. The molecular formula is C18H23FN4O3. The average molecular weight is 362 g/mol. The molecule has 0 N–H and O–H groups in total. The van der Waals surface area contributed by atoms with Crippen LogP contribution in [0.4, 0.5) is 14.9 Å². The van der Waals surface area contributed by atoms with Gasteiger partial charge in [-0.2, -0.15) is 0 Å². The highest BCUT2D eigenvalue weighted by molar-refractivity contribution is 6.01. The van der Waals surface area contributed by atoms with Gasteiger partial charge in [0, 0.05) is 46.2 Å². The van der Waals surface area contributed by atoms with E-state index >= 15 is 0 Å². The summed E-state index contributed by atoms with van der Waals surface area (Å²) in [6.07, 6.45) is 0.748. The van der Waals surface area contributed by atoms with Crippen LogP contribution in [-0.2, 0) is 9.59 Å². The van der Waals surface area contributed by atoms with Crippen LogP contribution in [0.5, 0.6) is 0 Å². The highest BCUT2D eigenvalue weighted by atomic mass is 19.1. The number of benzene rings is 1. The number of carbonyl (C=O) groups excluding carboxylic acids is 3. The smallest absolute Gasteiger partial charge is 0.326 e. The molecule has 0 aliphatic carbocycles. The molecule has 0 spiro atoms. The number of piperazine rings is 1. The molecule has 140 valence electrons. The summed E-state index contributed by atoms with van der Waals surface area (Å²) in [6, 6.07) is 6.33. The lowest BCUT2D eigenvalue weighted by molar-refractivity contribution is -0.132. The van der Waals surface area contributed by atoms with Crippen molar-refractivity contribution in [1.29, 1.82) is 0 Å². The molecule has 3 rings (SSSR count). The van der Waals surface area contributed by atoms with Crippen molar-refractivity contribution < 1.29 is 18.8 Å². The first-order valence-corrected chi connectivity index (χ1v) is 8.80. The minimum absolute atomic E-state index is 0.00522. The molecule has 8 heteroatoms. The molecule has 2 saturated heterocycles. The molecule has 0 saturated carbocycles. The number of nitrogens with zero attached hydrogens (tertiary/aromatic N) is 4. The standard InChI is InChI=1S/C18H23FN4O3/c1-20-13-17(25)23(18(20)26)8-4-7-16(24)22-11-9-21(10-12-22)15-6-3-2-5-14(15)19/h2-3,5-6H,4,7-13H2,1H3. The maximum atomic E-state index is 13.8. The third-order valence-corrected chi connectivity index (χ3v) is 4.83. The van der Waals surface area contributed by atoms with Gasteiger partial charge in [-0.1, -0.05) is 12.1 Å². The molecule has 1 aromatic rings. The molecule has 1 aromatic carbocycles. The Morgan fingerprint density at radius 2 is 1.81 bits per heavy atom. The second-order valence-electron chi connectivity index (χ2n) is 6.61. The Morgan fingerprint density at radius 3 is 2.42 bits per heavy atom. The quantitative estimate of drug-likeness (QED) is 0.737. The predicted molar refractivity (Wildman–Crippen MR) is 94.2 cm³/mol. The Hall–Kier alpha value is -2.64. The molecule has 0 bridgehead atoms. The SMILES string of the molecule is CN1CC(=O)N(CCCC(=O)N2CCN(c3ccccc3F)CC2)C1=O. The summed E-state index contributed by atoms with van der Waals surface area (Å²) in [5.74, 6) is -0.466. The van der Waals surface area contributed by atoms with Crippen molar-refractivity contribution in [2.75, 3.05) is 51.2 Å². The number of para-hydroxylation sites is 1. The summed E-state index contributed by atoms with van der Waals surface area (Å²) in [5, 5.41) is 0. The van der Waals surface area contributed by atoms with Gasteiger partial charge in [-0.15, -0.1) is 0 Å². The molecule has 2 heterocycles. The largest absolute Gasteiger partial charge is 0.366 e. The van der Waals surface area contributed by atoms with E-state index in [4.69, 9.17) is 0 Å². The molecule has 0 atom stereocenters. The molecule has 4 amide bonds. The van der Waals surface area contributed by atoms with Gasteiger partial charge in [-0.25, -0.2) is 9.18 Å². The summed E-state index contributed by atoms with van der Waals surface area (Å²) >= 11 is 0. The van der Waals surface area contributed by atoms with Gasteiger partial charge in [0.25, 0.3) is 0 Å². The van der Waals surface area contributed by atoms with E-state index in [9.17, 15) is 18.8 Å². The Balaban J connectivity index is 1.43. The molecule has 0 aromatic heterocycles. The van der Waals surface area contributed by atoms with E-state index in [1.54, 1.807) is 30.1 Å². The summed E-state index contributed by atoms with van der Waals surface area (Å²) in [4.78, 5) is 42.1. The van der Waals surface area contributed by atoms with Crippen molar-refractivity contribution in [3.63, 3.8) is 0 Å². The zero-order chi connectivity index (χ0) is 18.7. The molecule has 26 heavy (non-hydrogen) atoms. The van der Waals surface area contributed by atoms with Crippen molar-refractivity contribution >= 4 is 23.5 Å². The van der Waals surface area contributed by atoms with Gasteiger partial charge in [-0.05, 0) is 18.6 Å². The Morgan fingerprint density at radius 1 is 1.12 bits per heavy atom. The lowest BCUT2D eigenvalue weighted by Crippen LogP contribution is -2.49. The minimum Gasteiger partial charge on any atom is -0.366 e. The second-order valence-corrected chi connectivity index (χ2v) is 6.61. The number of likely N-dealkylation sites (N-methyl/N-ethyl adjacent to an activating group) is 1. The summed E-state index contributed by atoms with van der Waals surface area (Å²) in [5.41, 5.74) is 0.565. The van der Waals surface area contributed by atoms with Crippen LogP contribution in [0.25, 0.3) is 0 Å². The van der Waals surface area contributed by atoms with Crippen molar-refractivity contribution in [2.24, 2.45) is 0 Å². The summed E-state index contributed by atoms with van der Waals surface area (Å²) in [6.45, 7) is 2.61. The number of urea groups is 1. The minimum atomic E-state index is -0.305. The lowest BCUT2D eigenvalue weighted by atomic mass is 10.2. The fraction of sp³-hybridized carbons (Fsp3) is 0.500. The molecule has 2 aliphatic heterocycles. The fourth-order valence-electron chi connectivity index (χ4n) is 3.34. The highest BCUT2D eigenvalue weighted by Gasteiger charge is 2.33. The first-order chi connectivity index (χ1) is 12.5. The predicted octanol–water partition coefficient (Wildman–Crippen LogP) is 1.15.